The summed E-state index contributed by atoms with van der Waals surface area (Å²) in [6, 6.07) is 14.4. The first-order chi connectivity index (χ1) is 16.6. The molecular formula is C33H45N2+. The fourth-order valence-electron chi connectivity index (χ4n) is 6.30. The Morgan fingerprint density at radius 2 is 1.54 bits per heavy atom. The van der Waals surface area contributed by atoms with Crippen LogP contribution in [0, 0.1) is 13.8 Å². The van der Waals surface area contributed by atoms with Crippen molar-refractivity contribution >= 4 is 11.4 Å². The van der Waals surface area contributed by atoms with Gasteiger partial charge in [-0.3, -0.25) is 4.90 Å². The summed E-state index contributed by atoms with van der Waals surface area (Å²) >= 11 is 0. The van der Waals surface area contributed by atoms with Gasteiger partial charge in [0.15, 0.2) is 0 Å². The average Bonchev–Trinajstić information content (AvgIpc) is 3.13. The molecule has 0 saturated heterocycles. The largest absolute Gasteiger partial charge is 0.344 e. The van der Waals surface area contributed by atoms with Crippen LogP contribution in [0.25, 0.3) is 0 Å². The van der Waals surface area contributed by atoms with Gasteiger partial charge in [-0.2, -0.15) is 0 Å². The molecule has 2 nitrogen and oxygen atoms in total. The van der Waals surface area contributed by atoms with Gasteiger partial charge in [-0.1, -0.05) is 75.2 Å². The summed E-state index contributed by atoms with van der Waals surface area (Å²) in [4.78, 5) is 4.13. The van der Waals surface area contributed by atoms with Crippen LogP contribution < -0.4 is 9.80 Å². The lowest BCUT2D eigenvalue weighted by Gasteiger charge is -2.27. The van der Waals surface area contributed by atoms with E-state index in [1.807, 2.05) is 0 Å². The molecule has 1 N–H and O–H groups in total. The van der Waals surface area contributed by atoms with E-state index in [-0.39, 0.29) is 10.8 Å². The minimum absolute atomic E-state index is 0.0135. The molecule has 0 aliphatic carbocycles. The van der Waals surface area contributed by atoms with Gasteiger partial charge in [-0.25, -0.2) is 0 Å². The second kappa shape index (κ2) is 9.82. The second-order valence-corrected chi connectivity index (χ2v) is 11.6. The van der Waals surface area contributed by atoms with Crippen LogP contribution in [0.15, 0.2) is 72.5 Å². The standard InChI is InChI=1S/C33H44N2/c1-9-20-34-28-18-16-24(3)22-26(28)32(5,6)30(34)14-12-11-13-15-31-33(7,8)27-23-25(4)17-19-29(27)35(31)21-10-2/h11-19,22-23,30H,9-10,20-21H2,1-8H3/p+1/b13-11+,14-12+,31-15+. The average molecular weight is 470 g/mol. The Hall–Kier alpha value is -2.58. The third kappa shape index (κ3) is 4.54. The molecular weight excluding hydrogens is 424 g/mol. The molecule has 0 spiro atoms. The lowest BCUT2D eigenvalue weighted by Crippen LogP contribution is -3.10. The molecule has 2 atom stereocenters. The zero-order valence-corrected chi connectivity index (χ0v) is 23.2. The predicted octanol–water partition coefficient (Wildman–Crippen LogP) is 7.09. The lowest BCUT2D eigenvalue weighted by atomic mass is 9.80. The van der Waals surface area contributed by atoms with Gasteiger partial charge >= 0.3 is 0 Å². The number of nitrogens with zero attached hydrogens (tertiary/aromatic N) is 1. The van der Waals surface area contributed by atoms with E-state index in [0.29, 0.717) is 6.04 Å². The summed E-state index contributed by atoms with van der Waals surface area (Å²) in [7, 11) is 0. The Bertz CT molecular complexity index is 1160. The van der Waals surface area contributed by atoms with E-state index in [1.54, 1.807) is 4.90 Å². The maximum Gasteiger partial charge on any atom is 0.135 e. The van der Waals surface area contributed by atoms with E-state index in [2.05, 4.69) is 127 Å². The van der Waals surface area contributed by atoms with Crippen LogP contribution in [0.1, 0.15) is 76.6 Å². The minimum atomic E-state index is 0.0135. The first-order valence-electron chi connectivity index (χ1n) is 13.5. The summed E-state index contributed by atoms with van der Waals surface area (Å²) in [6.45, 7) is 20.7. The third-order valence-electron chi connectivity index (χ3n) is 8.16. The number of aryl methyl sites for hydroxylation is 2. The predicted molar refractivity (Wildman–Crippen MR) is 152 cm³/mol. The number of hydrogen-bond donors (Lipinski definition) is 1. The minimum Gasteiger partial charge on any atom is -0.344 e. The SMILES string of the molecule is CCCN1/C(=C/C=C/C=C/C2[NH+](CCC)c3ccc(C)cc3C2(C)C)C(C)(C)c2cc(C)ccc21. The van der Waals surface area contributed by atoms with Gasteiger partial charge in [0, 0.05) is 28.9 Å². The smallest absolute Gasteiger partial charge is 0.135 e. The van der Waals surface area contributed by atoms with Gasteiger partial charge in [-0.15, -0.1) is 0 Å². The number of rotatable bonds is 7. The van der Waals surface area contributed by atoms with Gasteiger partial charge in [-0.05, 0) is 76.5 Å². The molecule has 2 aromatic carbocycles. The normalized spacial score (nSPS) is 23.5. The van der Waals surface area contributed by atoms with Crippen LogP contribution in [0.4, 0.5) is 11.4 Å². The van der Waals surface area contributed by atoms with Crippen LogP contribution in [0.3, 0.4) is 0 Å². The van der Waals surface area contributed by atoms with Gasteiger partial charge < -0.3 is 4.90 Å². The van der Waals surface area contributed by atoms with Crippen LogP contribution >= 0.6 is 0 Å². The van der Waals surface area contributed by atoms with Crippen LogP contribution in [0.5, 0.6) is 0 Å². The molecule has 2 aliphatic heterocycles. The summed E-state index contributed by atoms with van der Waals surface area (Å²) < 4.78 is 0. The van der Waals surface area contributed by atoms with E-state index < -0.39 is 0 Å². The number of benzene rings is 2. The second-order valence-electron chi connectivity index (χ2n) is 11.6. The zero-order chi connectivity index (χ0) is 25.4. The molecule has 2 unspecified atom stereocenters. The van der Waals surface area contributed by atoms with Gasteiger partial charge in [0.1, 0.15) is 11.7 Å². The number of fused-ring (bicyclic) bond motifs is 2. The van der Waals surface area contributed by atoms with E-state index in [0.717, 1.165) is 13.0 Å². The molecule has 0 fully saturated rings. The van der Waals surface area contributed by atoms with Crippen molar-refractivity contribution in [2.75, 3.05) is 18.0 Å². The van der Waals surface area contributed by atoms with E-state index in [9.17, 15) is 0 Å². The molecule has 0 aromatic heterocycles. The van der Waals surface area contributed by atoms with E-state index in [4.69, 9.17) is 0 Å². The van der Waals surface area contributed by atoms with Gasteiger partial charge in [0.05, 0.1) is 12.0 Å². The van der Waals surface area contributed by atoms with Crippen molar-refractivity contribution in [2.45, 2.75) is 85.1 Å². The van der Waals surface area contributed by atoms with Crippen molar-refractivity contribution in [1.82, 2.24) is 0 Å². The highest BCUT2D eigenvalue weighted by atomic mass is 15.2. The van der Waals surface area contributed by atoms with Crippen LogP contribution in [-0.4, -0.2) is 19.1 Å². The Balaban J connectivity index is 1.59. The van der Waals surface area contributed by atoms with Gasteiger partial charge in [0.25, 0.3) is 0 Å². The molecule has 0 saturated carbocycles. The first-order valence-corrected chi connectivity index (χ1v) is 13.5. The van der Waals surface area contributed by atoms with Gasteiger partial charge in [0.2, 0.25) is 0 Å². The maximum atomic E-state index is 2.52. The number of anilines is 1. The fraction of sp³-hybridized carbons (Fsp3) is 0.455. The molecule has 0 radical (unpaired) electrons. The van der Waals surface area contributed by atoms with Crippen molar-refractivity contribution in [3.8, 4) is 0 Å². The van der Waals surface area contributed by atoms with Crippen molar-refractivity contribution < 1.29 is 4.90 Å². The third-order valence-corrected chi connectivity index (χ3v) is 8.16. The van der Waals surface area contributed by atoms with E-state index in [1.165, 1.54) is 52.3 Å². The number of allylic oxidation sites excluding steroid dienone is 5. The fourth-order valence-corrected chi connectivity index (χ4v) is 6.30. The summed E-state index contributed by atoms with van der Waals surface area (Å²) in [5.74, 6) is 0. The van der Waals surface area contributed by atoms with E-state index >= 15 is 0 Å². The Kier molecular flexibility index (Phi) is 7.16. The number of hydrogen-bond acceptors (Lipinski definition) is 1. The molecule has 2 aliphatic rings. The van der Waals surface area contributed by atoms with Crippen molar-refractivity contribution in [3.63, 3.8) is 0 Å². The molecule has 186 valence electrons. The van der Waals surface area contributed by atoms with Crippen molar-refractivity contribution in [2.24, 2.45) is 0 Å². The molecule has 2 aromatic rings. The molecule has 0 bridgehead atoms. The van der Waals surface area contributed by atoms with Crippen molar-refractivity contribution in [1.29, 1.82) is 0 Å². The Morgan fingerprint density at radius 3 is 2.23 bits per heavy atom. The molecule has 2 heterocycles. The summed E-state index contributed by atoms with van der Waals surface area (Å²) in [5, 5.41) is 0. The lowest BCUT2D eigenvalue weighted by molar-refractivity contribution is -0.850. The molecule has 4 rings (SSSR count). The highest BCUT2D eigenvalue weighted by Crippen LogP contribution is 2.48. The maximum absolute atomic E-state index is 2.52. The first kappa shape index (κ1) is 25.5. The highest BCUT2D eigenvalue weighted by Gasteiger charge is 2.47. The number of quaternary nitrogens is 1. The van der Waals surface area contributed by atoms with Crippen LogP contribution in [-0.2, 0) is 10.8 Å². The van der Waals surface area contributed by atoms with Crippen molar-refractivity contribution in [3.05, 3.63) is 94.7 Å². The Labute approximate surface area is 214 Å². The number of nitrogens with one attached hydrogen (secondary N) is 1. The zero-order valence-electron chi connectivity index (χ0n) is 23.2. The topological polar surface area (TPSA) is 7.68 Å². The van der Waals surface area contributed by atoms with Crippen LogP contribution in [0.2, 0.25) is 0 Å². The summed E-state index contributed by atoms with van der Waals surface area (Å²) in [6.07, 6.45) is 13.9. The molecule has 0 amide bonds. The molecule has 35 heavy (non-hydrogen) atoms. The monoisotopic (exact) mass is 469 g/mol. The quantitative estimate of drug-likeness (QED) is 0.425. The summed E-state index contributed by atoms with van der Waals surface area (Å²) in [5.41, 5.74) is 10.0. The Morgan fingerprint density at radius 1 is 0.857 bits per heavy atom. The molecule has 2 heteroatoms. The highest BCUT2D eigenvalue weighted by molar-refractivity contribution is 5.71.